The zero-order chi connectivity index (χ0) is 5.28. The minimum atomic E-state index is 0. The zero-order valence-corrected chi connectivity index (χ0v) is 6.08. The van der Waals surface area contributed by atoms with Crippen molar-refractivity contribution in [3.63, 3.8) is 0 Å². The van der Waals surface area contributed by atoms with E-state index in [-0.39, 0.29) is 12.4 Å². The summed E-state index contributed by atoms with van der Waals surface area (Å²) < 4.78 is 0. The van der Waals surface area contributed by atoms with Gasteiger partial charge in [-0.3, -0.25) is 0 Å². The number of nitrogens with two attached hydrogens (primary N) is 1. The summed E-state index contributed by atoms with van der Waals surface area (Å²) in [6.45, 7) is 2.08. The van der Waals surface area contributed by atoms with E-state index in [2.05, 4.69) is 6.92 Å². The summed E-state index contributed by atoms with van der Waals surface area (Å²) in [5, 5.41) is 0. The van der Waals surface area contributed by atoms with Crippen molar-refractivity contribution in [2.75, 3.05) is 0 Å². The van der Waals surface area contributed by atoms with Crippen molar-refractivity contribution < 1.29 is 0 Å². The predicted octanol–water partition coefficient (Wildman–Crippen LogP) is 1.56. The summed E-state index contributed by atoms with van der Waals surface area (Å²) in [7, 11) is 0. The fourth-order valence-corrected chi connectivity index (χ4v) is 0.879. The van der Waals surface area contributed by atoms with Gasteiger partial charge >= 0.3 is 0 Å². The third kappa shape index (κ3) is 3.28. The third-order valence-electron chi connectivity index (χ3n) is 1.40. The SMILES string of the molecule is C[C@@H](N)CC1CC1.Cl. The van der Waals surface area contributed by atoms with Crippen molar-refractivity contribution >= 4 is 12.4 Å². The fourth-order valence-electron chi connectivity index (χ4n) is 0.879. The molecule has 0 aromatic rings. The zero-order valence-electron chi connectivity index (χ0n) is 5.26. The lowest BCUT2D eigenvalue weighted by Crippen LogP contribution is -2.14. The summed E-state index contributed by atoms with van der Waals surface area (Å²) in [4.78, 5) is 0. The Balaban J connectivity index is 0.000000490. The topological polar surface area (TPSA) is 26.0 Å². The van der Waals surface area contributed by atoms with Gasteiger partial charge in [-0.2, -0.15) is 0 Å². The first-order valence-electron chi connectivity index (χ1n) is 3.04. The molecule has 50 valence electrons. The van der Waals surface area contributed by atoms with Gasteiger partial charge in [0.05, 0.1) is 0 Å². The molecule has 2 N–H and O–H groups in total. The van der Waals surface area contributed by atoms with Gasteiger partial charge < -0.3 is 5.73 Å². The van der Waals surface area contributed by atoms with E-state index in [1.807, 2.05) is 0 Å². The molecule has 0 aromatic heterocycles. The summed E-state index contributed by atoms with van der Waals surface area (Å²) in [6, 6.07) is 0.437. The maximum Gasteiger partial charge on any atom is 0.00131 e. The van der Waals surface area contributed by atoms with Crippen molar-refractivity contribution in [3.05, 3.63) is 0 Å². The highest BCUT2D eigenvalue weighted by atomic mass is 35.5. The van der Waals surface area contributed by atoms with Gasteiger partial charge in [-0.05, 0) is 19.3 Å². The number of hydrogen-bond donors (Lipinski definition) is 1. The molecular weight excluding hydrogens is 122 g/mol. The minimum Gasteiger partial charge on any atom is -0.328 e. The van der Waals surface area contributed by atoms with Gasteiger partial charge in [0, 0.05) is 6.04 Å². The Morgan fingerprint density at radius 3 is 2.25 bits per heavy atom. The second kappa shape index (κ2) is 3.31. The van der Waals surface area contributed by atoms with Gasteiger partial charge in [0.15, 0.2) is 0 Å². The standard InChI is InChI=1S/C6H13N.ClH/c1-5(7)4-6-2-3-6;/h5-6H,2-4,7H2,1H3;1H/t5-;/m1./s1. The Morgan fingerprint density at radius 1 is 1.62 bits per heavy atom. The largest absolute Gasteiger partial charge is 0.328 e. The van der Waals surface area contributed by atoms with E-state index >= 15 is 0 Å². The highest BCUT2D eigenvalue weighted by molar-refractivity contribution is 5.85. The lowest BCUT2D eigenvalue weighted by Gasteiger charge is -1.98. The van der Waals surface area contributed by atoms with Crippen LogP contribution in [-0.4, -0.2) is 6.04 Å². The maximum absolute atomic E-state index is 5.53. The first kappa shape index (κ1) is 8.25. The minimum absolute atomic E-state index is 0. The van der Waals surface area contributed by atoms with Gasteiger partial charge in [-0.1, -0.05) is 12.8 Å². The summed E-state index contributed by atoms with van der Waals surface area (Å²) >= 11 is 0. The average Bonchev–Trinajstić information content (AvgIpc) is 2.17. The average molecular weight is 136 g/mol. The molecule has 0 spiro atoms. The van der Waals surface area contributed by atoms with Crippen LogP contribution in [0.2, 0.25) is 0 Å². The molecule has 0 bridgehead atoms. The Morgan fingerprint density at radius 2 is 2.12 bits per heavy atom. The van der Waals surface area contributed by atoms with E-state index in [4.69, 9.17) is 5.73 Å². The van der Waals surface area contributed by atoms with E-state index < -0.39 is 0 Å². The monoisotopic (exact) mass is 135 g/mol. The molecule has 0 aliphatic heterocycles. The van der Waals surface area contributed by atoms with Crippen LogP contribution in [0.15, 0.2) is 0 Å². The Labute approximate surface area is 57.1 Å². The summed E-state index contributed by atoms with van der Waals surface area (Å²) in [6.07, 6.45) is 4.11. The van der Waals surface area contributed by atoms with E-state index in [1.165, 1.54) is 19.3 Å². The van der Waals surface area contributed by atoms with E-state index in [0.717, 1.165) is 5.92 Å². The molecule has 1 rings (SSSR count). The summed E-state index contributed by atoms with van der Waals surface area (Å²) in [5.74, 6) is 1.000. The van der Waals surface area contributed by atoms with E-state index in [1.54, 1.807) is 0 Å². The molecule has 8 heavy (non-hydrogen) atoms. The molecule has 2 heteroatoms. The molecule has 1 aliphatic carbocycles. The van der Waals surface area contributed by atoms with Gasteiger partial charge in [-0.15, -0.1) is 12.4 Å². The maximum atomic E-state index is 5.53. The molecule has 0 saturated heterocycles. The third-order valence-corrected chi connectivity index (χ3v) is 1.40. The van der Waals surface area contributed by atoms with E-state index in [0.29, 0.717) is 6.04 Å². The number of rotatable bonds is 2. The molecule has 0 heterocycles. The molecular formula is C6H14ClN. The molecule has 1 aliphatic rings. The van der Waals surface area contributed by atoms with Crippen molar-refractivity contribution in [2.24, 2.45) is 11.7 Å². The highest BCUT2D eigenvalue weighted by Gasteiger charge is 2.21. The fraction of sp³-hybridized carbons (Fsp3) is 1.00. The van der Waals surface area contributed by atoms with Gasteiger partial charge in [0.2, 0.25) is 0 Å². The van der Waals surface area contributed by atoms with Crippen LogP contribution in [0.4, 0.5) is 0 Å². The van der Waals surface area contributed by atoms with Crippen LogP contribution in [0.1, 0.15) is 26.2 Å². The van der Waals surface area contributed by atoms with Gasteiger partial charge in [-0.25, -0.2) is 0 Å². The van der Waals surface area contributed by atoms with Crippen LogP contribution in [0.3, 0.4) is 0 Å². The molecule has 0 amide bonds. The number of hydrogen-bond acceptors (Lipinski definition) is 1. The summed E-state index contributed by atoms with van der Waals surface area (Å²) in [5.41, 5.74) is 5.53. The van der Waals surface area contributed by atoms with Crippen LogP contribution in [0.5, 0.6) is 0 Å². The lowest BCUT2D eigenvalue weighted by molar-refractivity contribution is 0.610. The Kier molecular flexibility index (Phi) is 3.41. The Bertz CT molecular complexity index is 59.5. The van der Waals surface area contributed by atoms with Crippen molar-refractivity contribution in [2.45, 2.75) is 32.2 Å². The molecule has 1 atom stereocenters. The van der Waals surface area contributed by atoms with Crippen molar-refractivity contribution in [3.8, 4) is 0 Å². The molecule has 1 fully saturated rings. The van der Waals surface area contributed by atoms with Crippen molar-refractivity contribution in [1.82, 2.24) is 0 Å². The smallest absolute Gasteiger partial charge is 0.00131 e. The van der Waals surface area contributed by atoms with Crippen LogP contribution in [-0.2, 0) is 0 Å². The van der Waals surface area contributed by atoms with Crippen LogP contribution in [0.25, 0.3) is 0 Å². The second-order valence-corrected chi connectivity index (χ2v) is 2.66. The van der Waals surface area contributed by atoms with Gasteiger partial charge in [0.25, 0.3) is 0 Å². The first-order valence-corrected chi connectivity index (χ1v) is 3.04. The van der Waals surface area contributed by atoms with Crippen LogP contribution in [0, 0.1) is 5.92 Å². The molecule has 0 unspecified atom stereocenters. The van der Waals surface area contributed by atoms with Crippen molar-refractivity contribution in [1.29, 1.82) is 0 Å². The predicted molar refractivity (Wildman–Crippen MR) is 38.2 cm³/mol. The quantitative estimate of drug-likeness (QED) is 0.611. The molecule has 1 nitrogen and oxygen atoms in total. The van der Waals surface area contributed by atoms with E-state index in [9.17, 15) is 0 Å². The second-order valence-electron chi connectivity index (χ2n) is 2.66. The lowest BCUT2D eigenvalue weighted by atomic mass is 10.2. The Hall–Kier alpha value is 0.250. The normalized spacial score (nSPS) is 21.8. The first-order chi connectivity index (χ1) is 3.29. The molecule has 1 saturated carbocycles. The molecule has 0 radical (unpaired) electrons. The highest BCUT2D eigenvalue weighted by Crippen LogP contribution is 2.32. The van der Waals surface area contributed by atoms with Crippen LogP contribution < -0.4 is 5.73 Å². The molecule has 0 aromatic carbocycles. The number of halogens is 1. The van der Waals surface area contributed by atoms with Crippen LogP contribution >= 0.6 is 12.4 Å². The van der Waals surface area contributed by atoms with Gasteiger partial charge in [0.1, 0.15) is 0 Å².